The fourth-order valence-corrected chi connectivity index (χ4v) is 2.71. The van der Waals surface area contributed by atoms with Crippen LogP contribution in [-0.4, -0.2) is 0 Å². The SMILES string of the molecule is CCC1CC1(CC)c1ccc(F)c(F)c1. The molecule has 15 heavy (non-hydrogen) atoms. The third-order valence-electron chi connectivity index (χ3n) is 3.85. The van der Waals surface area contributed by atoms with Crippen LogP contribution in [0.1, 0.15) is 38.7 Å². The average Bonchev–Trinajstić information content (AvgIpc) is 2.97. The van der Waals surface area contributed by atoms with Crippen LogP contribution >= 0.6 is 0 Å². The van der Waals surface area contributed by atoms with Gasteiger partial charge in [0.25, 0.3) is 0 Å². The van der Waals surface area contributed by atoms with Gasteiger partial charge in [0, 0.05) is 0 Å². The Hall–Kier alpha value is -0.920. The smallest absolute Gasteiger partial charge is 0.159 e. The lowest BCUT2D eigenvalue weighted by atomic mass is 9.90. The monoisotopic (exact) mass is 210 g/mol. The Balaban J connectivity index is 2.33. The van der Waals surface area contributed by atoms with Crippen molar-refractivity contribution in [2.24, 2.45) is 5.92 Å². The van der Waals surface area contributed by atoms with Crippen molar-refractivity contribution in [3.63, 3.8) is 0 Å². The molecule has 1 aliphatic carbocycles. The van der Waals surface area contributed by atoms with E-state index in [1.807, 2.05) is 0 Å². The molecule has 0 N–H and O–H groups in total. The largest absolute Gasteiger partial charge is 0.204 e. The van der Waals surface area contributed by atoms with Crippen LogP contribution < -0.4 is 0 Å². The minimum absolute atomic E-state index is 0.128. The van der Waals surface area contributed by atoms with E-state index in [9.17, 15) is 8.78 Å². The summed E-state index contributed by atoms with van der Waals surface area (Å²) in [4.78, 5) is 0. The molecule has 1 fully saturated rings. The Morgan fingerprint density at radius 3 is 2.47 bits per heavy atom. The second kappa shape index (κ2) is 3.58. The van der Waals surface area contributed by atoms with Gasteiger partial charge in [0.2, 0.25) is 0 Å². The van der Waals surface area contributed by atoms with Gasteiger partial charge in [-0.15, -0.1) is 0 Å². The van der Waals surface area contributed by atoms with E-state index in [1.54, 1.807) is 6.07 Å². The van der Waals surface area contributed by atoms with Gasteiger partial charge < -0.3 is 0 Å². The van der Waals surface area contributed by atoms with E-state index in [4.69, 9.17) is 0 Å². The molecule has 2 unspecified atom stereocenters. The fourth-order valence-electron chi connectivity index (χ4n) is 2.71. The van der Waals surface area contributed by atoms with Gasteiger partial charge in [-0.2, -0.15) is 0 Å². The van der Waals surface area contributed by atoms with Gasteiger partial charge in [0.1, 0.15) is 0 Å². The van der Waals surface area contributed by atoms with Gasteiger partial charge in [0.15, 0.2) is 11.6 Å². The van der Waals surface area contributed by atoms with Crippen LogP contribution in [0.4, 0.5) is 8.78 Å². The molecule has 0 spiro atoms. The molecule has 0 aromatic heterocycles. The quantitative estimate of drug-likeness (QED) is 0.706. The van der Waals surface area contributed by atoms with Crippen LogP contribution in [0.3, 0.4) is 0 Å². The summed E-state index contributed by atoms with van der Waals surface area (Å²) in [5, 5.41) is 0. The van der Waals surface area contributed by atoms with Crippen molar-refractivity contribution < 1.29 is 8.78 Å². The Kier molecular flexibility index (Phi) is 2.53. The van der Waals surface area contributed by atoms with Gasteiger partial charge in [0.05, 0.1) is 0 Å². The highest BCUT2D eigenvalue weighted by molar-refractivity contribution is 5.34. The van der Waals surface area contributed by atoms with Crippen molar-refractivity contribution in [2.75, 3.05) is 0 Å². The molecule has 2 heteroatoms. The van der Waals surface area contributed by atoms with E-state index in [-0.39, 0.29) is 5.41 Å². The molecule has 1 aliphatic rings. The van der Waals surface area contributed by atoms with E-state index >= 15 is 0 Å². The van der Waals surface area contributed by atoms with Crippen molar-refractivity contribution in [3.8, 4) is 0 Å². The molecule has 0 bridgehead atoms. The van der Waals surface area contributed by atoms with Crippen LogP contribution in [0.2, 0.25) is 0 Å². The van der Waals surface area contributed by atoms with Crippen molar-refractivity contribution in [2.45, 2.75) is 38.5 Å². The van der Waals surface area contributed by atoms with Crippen LogP contribution in [0, 0.1) is 17.6 Å². The highest BCUT2D eigenvalue weighted by Gasteiger charge is 2.52. The maximum atomic E-state index is 13.1. The number of hydrogen-bond donors (Lipinski definition) is 0. The van der Waals surface area contributed by atoms with Crippen molar-refractivity contribution in [3.05, 3.63) is 35.4 Å². The van der Waals surface area contributed by atoms with Crippen molar-refractivity contribution in [1.82, 2.24) is 0 Å². The Morgan fingerprint density at radius 1 is 1.27 bits per heavy atom. The minimum atomic E-state index is -0.751. The average molecular weight is 210 g/mol. The van der Waals surface area contributed by atoms with Gasteiger partial charge in [-0.25, -0.2) is 8.78 Å². The van der Waals surface area contributed by atoms with Crippen molar-refractivity contribution >= 4 is 0 Å². The van der Waals surface area contributed by atoms with Gasteiger partial charge in [-0.1, -0.05) is 26.3 Å². The molecule has 1 saturated carbocycles. The second-order valence-corrected chi connectivity index (χ2v) is 4.45. The summed E-state index contributed by atoms with van der Waals surface area (Å²) in [6.07, 6.45) is 3.24. The molecule has 0 amide bonds. The maximum absolute atomic E-state index is 13.1. The number of halogens is 2. The van der Waals surface area contributed by atoms with Crippen LogP contribution in [-0.2, 0) is 5.41 Å². The van der Waals surface area contributed by atoms with E-state index in [2.05, 4.69) is 13.8 Å². The maximum Gasteiger partial charge on any atom is 0.159 e. The first-order valence-corrected chi connectivity index (χ1v) is 5.59. The molecule has 82 valence electrons. The topological polar surface area (TPSA) is 0 Å². The summed E-state index contributed by atoms with van der Waals surface area (Å²) in [6.45, 7) is 4.28. The molecule has 1 aromatic rings. The number of hydrogen-bond acceptors (Lipinski definition) is 0. The van der Waals surface area contributed by atoms with E-state index in [1.165, 1.54) is 12.1 Å². The Labute approximate surface area is 89.3 Å². The normalized spacial score (nSPS) is 29.2. The molecule has 0 heterocycles. The Bertz CT molecular complexity index is 373. The first-order chi connectivity index (χ1) is 7.14. The highest BCUT2D eigenvalue weighted by Crippen LogP contribution is 2.58. The first-order valence-electron chi connectivity index (χ1n) is 5.59. The summed E-state index contributed by atoms with van der Waals surface area (Å²) in [6, 6.07) is 4.35. The molecule has 0 saturated heterocycles. The third kappa shape index (κ3) is 1.56. The third-order valence-corrected chi connectivity index (χ3v) is 3.85. The van der Waals surface area contributed by atoms with Gasteiger partial charge in [-0.05, 0) is 41.9 Å². The summed E-state index contributed by atoms with van der Waals surface area (Å²) >= 11 is 0. The molecule has 2 rings (SSSR count). The highest BCUT2D eigenvalue weighted by atomic mass is 19.2. The first kappa shape index (κ1) is 10.6. The molecule has 0 aliphatic heterocycles. The number of benzene rings is 1. The summed E-state index contributed by atoms with van der Waals surface area (Å²) in [5.41, 5.74) is 1.10. The van der Waals surface area contributed by atoms with Crippen LogP contribution in [0.25, 0.3) is 0 Å². The van der Waals surface area contributed by atoms with E-state index < -0.39 is 11.6 Å². The molecular formula is C13H16F2. The summed E-state index contributed by atoms with van der Waals surface area (Å²) in [7, 11) is 0. The molecule has 0 nitrogen and oxygen atoms in total. The zero-order chi connectivity index (χ0) is 11.1. The molecular weight excluding hydrogens is 194 g/mol. The fraction of sp³-hybridized carbons (Fsp3) is 0.538. The zero-order valence-electron chi connectivity index (χ0n) is 9.19. The van der Waals surface area contributed by atoms with E-state index in [0.717, 1.165) is 24.8 Å². The lowest BCUT2D eigenvalue weighted by molar-refractivity contribution is 0.499. The van der Waals surface area contributed by atoms with Gasteiger partial charge >= 0.3 is 0 Å². The molecule has 2 atom stereocenters. The summed E-state index contributed by atoms with van der Waals surface area (Å²) < 4.78 is 25.9. The summed E-state index contributed by atoms with van der Waals surface area (Å²) in [5.74, 6) is -0.826. The second-order valence-electron chi connectivity index (χ2n) is 4.45. The van der Waals surface area contributed by atoms with Gasteiger partial charge in [-0.3, -0.25) is 0 Å². The standard InChI is InChI=1S/C13H16F2/c1-3-9-8-13(9,4-2)10-5-6-11(14)12(15)7-10/h5-7,9H,3-4,8H2,1-2H3. The Morgan fingerprint density at radius 2 is 2.00 bits per heavy atom. The molecule has 1 aromatic carbocycles. The molecule has 0 radical (unpaired) electrons. The van der Waals surface area contributed by atoms with Crippen LogP contribution in [0.5, 0.6) is 0 Å². The predicted molar refractivity (Wildman–Crippen MR) is 56.7 cm³/mol. The predicted octanol–water partition coefficient (Wildman–Crippen LogP) is 4.04. The zero-order valence-corrected chi connectivity index (χ0v) is 9.19. The lowest BCUT2D eigenvalue weighted by Crippen LogP contribution is -2.09. The lowest BCUT2D eigenvalue weighted by Gasteiger charge is -2.15. The van der Waals surface area contributed by atoms with Crippen LogP contribution in [0.15, 0.2) is 18.2 Å². The minimum Gasteiger partial charge on any atom is -0.204 e. The van der Waals surface area contributed by atoms with Crippen molar-refractivity contribution in [1.29, 1.82) is 0 Å². The van der Waals surface area contributed by atoms with E-state index in [0.29, 0.717) is 5.92 Å². The number of rotatable bonds is 3.